The number of methoxy groups -OCH3 is 1. The Morgan fingerprint density at radius 1 is 1.25 bits per heavy atom. The van der Waals surface area contributed by atoms with E-state index in [0.29, 0.717) is 18.4 Å². The summed E-state index contributed by atoms with van der Waals surface area (Å²) in [5, 5.41) is 10.6. The summed E-state index contributed by atoms with van der Waals surface area (Å²) < 4.78 is 5.35. The van der Waals surface area contributed by atoms with Crippen LogP contribution in [0.25, 0.3) is 0 Å². The lowest BCUT2D eigenvalue weighted by Gasteiger charge is -2.35. The van der Waals surface area contributed by atoms with Crippen LogP contribution in [0.2, 0.25) is 0 Å². The van der Waals surface area contributed by atoms with E-state index in [0.717, 1.165) is 13.0 Å². The van der Waals surface area contributed by atoms with Crippen LogP contribution in [0.3, 0.4) is 0 Å². The van der Waals surface area contributed by atoms with Gasteiger partial charge in [-0.25, -0.2) is 0 Å². The summed E-state index contributed by atoms with van der Waals surface area (Å²) in [6.07, 6.45) is 9.36. The number of fused-ring (bicyclic) bond motifs is 5. The number of nitrogens with zero attached hydrogens (tertiary/aromatic N) is 1. The lowest BCUT2D eigenvalue weighted by atomic mass is 9.77. The molecule has 3 aliphatic rings. The highest BCUT2D eigenvalue weighted by atomic mass is 16.6. The highest BCUT2D eigenvalue weighted by Crippen LogP contribution is 2.46. The quantitative estimate of drug-likeness (QED) is 0.803. The van der Waals surface area contributed by atoms with E-state index in [1.165, 1.54) is 41.5 Å². The number of likely N-dealkylation sites (N-methyl/N-ethyl adjacent to an activating group) is 1. The summed E-state index contributed by atoms with van der Waals surface area (Å²) >= 11 is 0. The zero-order valence-electron chi connectivity index (χ0n) is 14.7. The molecule has 2 aliphatic carbocycles. The zero-order valence-corrected chi connectivity index (χ0v) is 14.7. The van der Waals surface area contributed by atoms with Gasteiger partial charge in [0.1, 0.15) is 0 Å². The van der Waals surface area contributed by atoms with Gasteiger partial charge in [-0.05, 0) is 61.1 Å². The van der Waals surface area contributed by atoms with E-state index in [2.05, 4.69) is 42.3 Å². The molecule has 0 amide bonds. The Bertz CT molecular complexity index is 693. The SMILES string of the molecule is COC1(O)C=C2CCN(C)C3CCCc4ccccc4C3C2=CC1. The van der Waals surface area contributed by atoms with Crippen molar-refractivity contribution in [1.29, 1.82) is 0 Å². The van der Waals surface area contributed by atoms with Crippen molar-refractivity contribution < 1.29 is 9.84 Å². The molecule has 1 fully saturated rings. The lowest BCUT2D eigenvalue weighted by molar-refractivity contribution is -0.144. The maximum atomic E-state index is 10.6. The third kappa shape index (κ3) is 2.65. The number of aliphatic hydroxyl groups is 1. The van der Waals surface area contributed by atoms with Crippen LogP contribution in [0.4, 0.5) is 0 Å². The van der Waals surface area contributed by atoms with E-state index in [1.807, 2.05) is 6.08 Å². The fourth-order valence-corrected chi connectivity index (χ4v) is 4.74. The van der Waals surface area contributed by atoms with E-state index in [4.69, 9.17) is 4.74 Å². The molecule has 0 saturated carbocycles. The van der Waals surface area contributed by atoms with Crippen LogP contribution < -0.4 is 0 Å². The Hall–Kier alpha value is -1.42. The van der Waals surface area contributed by atoms with Crippen LogP contribution in [0.1, 0.15) is 42.7 Å². The van der Waals surface area contributed by atoms with Gasteiger partial charge in [-0.15, -0.1) is 0 Å². The molecule has 1 aliphatic heterocycles. The minimum atomic E-state index is -1.14. The van der Waals surface area contributed by atoms with Gasteiger partial charge in [-0.1, -0.05) is 30.3 Å². The van der Waals surface area contributed by atoms with Gasteiger partial charge in [0.2, 0.25) is 0 Å². The van der Waals surface area contributed by atoms with Crippen molar-refractivity contribution in [1.82, 2.24) is 4.90 Å². The Morgan fingerprint density at radius 3 is 2.92 bits per heavy atom. The fourth-order valence-electron chi connectivity index (χ4n) is 4.74. The largest absolute Gasteiger partial charge is 0.362 e. The molecule has 3 heteroatoms. The summed E-state index contributed by atoms with van der Waals surface area (Å²) in [5.41, 5.74) is 5.66. The maximum absolute atomic E-state index is 10.6. The lowest BCUT2D eigenvalue weighted by Crippen LogP contribution is -2.36. The molecule has 1 aromatic carbocycles. The van der Waals surface area contributed by atoms with Crippen LogP contribution in [-0.4, -0.2) is 42.5 Å². The van der Waals surface area contributed by atoms with E-state index in [1.54, 1.807) is 7.11 Å². The summed E-state index contributed by atoms with van der Waals surface area (Å²) in [6.45, 7) is 1.03. The highest BCUT2D eigenvalue weighted by molar-refractivity contribution is 5.49. The molecule has 24 heavy (non-hydrogen) atoms. The minimum Gasteiger partial charge on any atom is -0.362 e. The van der Waals surface area contributed by atoms with Gasteiger partial charge < -0.3 is 14.7 Å². The Kier molecular flexibility index (Phi) is 4.11. The van der Waals surface area contributed by atoms with Gasteiger partial charge in [0.05, 0.1) is 0 Å². The molecule has 0 spiro atoms. The standard InChI is InChI=1S/C21H27NO2/c1-22-13-11-16-14-21(23,24-2)12-10-18(16)20-17-8-4-3-6-15(17)7-5-9-19(20)22/h3-4,6,8,10,14,19-20,23H,5,7,9,11-13H2,1-2H3. The van der Waals surface area contributed by atoms with E-state index < -0.39 is 5.79 Å². The summed E-state index contributed by atoms with van der Waals surface area (Å²) in [4.78, 5) is 2.53. The maximum Gasteiger partial charge on any atom is 0.188 e. The Labute approximate surface area is 144 Å². The molecule has 1 heterocycles. The zero-order chi connectivity index (χ0) is 16.7. The fraction of sp³-hybridized carbons (Fsp3) is 0.524. The third-order valence-corrected chi connectivity index (χ3v) is 6.09. The van der Waals surface area contributed by atoms with Crippen LogP contribution in [0.5, 0.6) is 0 Å². The second-order valence-corrected chi connectivity index (χ2v) is 7.45. The van der Waals surface area contributed by atoms with Crippen LogP contribution >= 0.6 is 0 Å². The molecule has 3 atom stereocenters. The van der Waals surface area contributed by atoms with Crippen molar-refractivity contribution in [3.8, 4) is 0 Å². The second kappa shape index (κ2) is 6.14. The van der Waals surface area contributed by atoms with Gasteiger partial charge in [0.15, 0.2) is 5.79 Å². The number of benzene rings is 1. The molecular formula is C21H27NO2. The first kappa shape index (κ1) is 16.1. The molecule has 128 valence electrons. The van der Waals surface area contributed by atoms with Crippen molar-refractivity contribution in [3.05, 3.63) is 58.7 Å². The van der Waals surface area contributed by atoms with E-state index >= 15 is 0 Å². The minimum absolute atomic E-state index is 0.406. The average Bonchev–Trinajstić information content (AvgIpc) is 2.86. The number of aryl methyl sites for hydroxylation is 1. The van der Waals surface area contributed by atoms with Gasteiger partial charge in [-0.2, -0.15) is 0 Å². The summed E-state index contributed by atoms with van der Waals surface area (Å²) in [5.74, 6) is -0.731. The van der Waals surface area contributed by atoms with E-state index in [-0.39, 0.29) is 0 Å². The topological polar surface area (TPSA) is 32.7 Å². The van der Waals surface area contributed by atoms with Crippen molar-refractivity contribution in [2.75, 3.05) is 20.7 Å². The normalized spacial score (nSPS) is 33.3. The van der Waals surface area contributed by atoms with E-state index in [9.17, 15) is 5.11 Å². The molecule has 3 unspecified atom stereocenters. The number of likely N-dealkylation sites (tertiary alicyclic amines) is 1. The number of hydrogen-bond acceptors (Lipinski definition) is 3. The summed E-state index contributed by atoms with van der Waals surface area (Å²) in [7, 11) is 3.84. The first-order valence-corrected chi connectivity index (χ1v) is 9.09. The first-order chi connectivity index (χ1) is 11.6. The molecule has 1 saturated heterocycles. The molecule has 1 aromatic rings. The van der Waals surface area contributed by atoms with Crippen molar-refractivity contribution >= 4 is 0 Å². The monoisotopic (exact) mass is 325 g/mol. The predicted molar refractivity (Wildman–Crippen MR) is 95.9 cm³/mol. The molecule has 0 bridgehead atoms. The molecular weight excluding hydrogens is 298 g/mol. The van der Waals surface area contributed by atoms with Gasteiger partial charge in [0, 0.05) is 32.0 Å². The number of rotatable bonds is 1. The molecule has 3 nitrogen and oxygen atoms in total. The predicted octanol–water partition coefficient (Wildman–Crippen LogP) is 3.40. The molecule has 0 aromatic heterocycles. The second-order valence-electron chi connectivity index (χ2n) is 7.45. The van der Waals surface area contributed by atoms with Crippen LogP contribution in [0, 0.1) is 0 Å². The first-order valence-electron chi connectivity index (χ1n) is 9.09. The average molecular weight is 325 g/mol. The van der Waals surface area contributed by atoms with Gasteiger partial charge in [-0.3, -0.25) is 0 Å². The third-order valence-electron chi connectivity index (χ3n) is 6.09. The van der Waals surface area contributed by atoms with Crippen LogP contribution in [-0.2, 0) is 11.2 Å². The summed E-state index contributed by atoms with van der Waals surface area (Å²) in [6, 6.07) is 9.48. The van der Waals surface area contributed by atoms with Crippen molar-refractivity contribution in [2.45, 2.75) is 49.9 Å². The molecule has 0 radical (unpaired) electrons. The number of hydrogen-bond donors (Lipinski definition) is 1. The Balaban J connectivity index is 1.84. The van der Waals surface area contributed by atoms with Gasteiger partial charge >= 0.3 is 0 Å². The Morgan fingerprint density at radius 2 is 2.08 bits per heavy atom. The van der Waals surface area contributed by atoms with Crippen molar-refractivity contribution in [2.24, 2.45) is 0 Å². The van der Waals surface area contributed by atoms with Crippen LogP contribution in [0.15, 0.2) is 47.6 Å². The molecule has 4 rings (SSSR count). The number of ether oxygens (including phenoxy) is 1. The van der Waals surface area contributed by atoms with Gasteiger partial charge in [0.25, 0.3) is 0 Å². The highest BCUT2D eigenvalue weighted by Gasteiger charge is 2.39. The molecule has 1 N–H and O–H groups in total. The van der Waals surface area contributed by atoms with Crippen molar-refractivity contribution in [3.63, 3.8) is 0 Å². The smallest absolute Gasteiger partial charge is 0.188 e.